The zero-order valence-electron chi connectivity index (χ0n) is 5.99. The van der Waals surface area contributed by atoms with Gasteiger partial charge in [-0.3, -0.25) is 0 Å². The summed E-state index contributed by atoms with van der Waals surface area (Å²) in [6, 6.07) is 2.66. The number of hydrogen-bond donors (Lipinski definition) is 0. The van der Waals surface area contributed by atoms with E-state index in [1.807, 2.05) is 6.92 Å². The molecule has 0 aliphatic carbocycles. The van der Waals surface area contributed by atoms with Crippen molar-refractivity contribution in [3.8, 4) is 11.5 Å². The van der Waals surface area contributed by atoms with Gasteiger partial charge in [-0.1, -0.05) is 25.9 Å². The molecule has 0 saturated heterocycles. The highest BCUT2D eigenvalue weighted by molar-refractivity contribution is 6.67. The van der Waals surface area contributed by atoms with Gasteiger partial charge in [0, 0.05) is 0 Å². The Kier molecular flexibility index (Phi) is 4.79. The largest absolute Gasteiger partial charge is 0.136 e. The van der Waals surface area contributed by atoms with Crippen molar-refractivity contribution < 1.29 is 0 Å². The summed E-state index contributed by atoms with van der Waals surface area (Å²) < 4.78 is 0. The summed E-state index contributed by atoms with van der Waals surface area (Å²) in [5.74, 6) is 2.98. The first kappa shape index (κ1) is 7.78. The van der Waals surface area contributed by atoms with Crippen LogP contribution in [-0.4, -0.2) is 8.80 Å². The van der Waals surface area contributed by atoms with Crippen molar-refractivity contribution in [3.05, 3.63) is 0 Å². The quantitative estimate of drug-likeness (QED) is 0.391. The van der Waals surface area contributed by atoms with E-state index in [1.54, 1.807) is 0 Å². The first-order valence-electron chi connectivity index (χ1n) is 3.27. The highest BCUT2D eigenvalue weighted by Gasteiger charge is 1.97. The minimum atomic E-state index is -0.553. The molecule has 0 aliphatic rings. The lowest BCUT2D eigenvalue weighted by Gasteiger charge is -1.96. The monoisotopic (exact) mass is 126 g/mol. The molecule has 0 aromatic carbocycles. The molecule has 0 aliphatic heterocycles. The predicted octanol–water partition coefficient (Wildman–Crippen LogP) is 1.82. The Labute approximate surface area is 53.9 Å². The fourth-order valence-corrected chi connectivity index (χ4v) is 2.09. The van der Waals surface area contributed by atoms with Crippen LogP contribution in [-0.2, 0) is 0 Å². The average molecular weight is 126 g/mol. The maximum atomic E-state index is 3.27. The van der Waals surface area contributed by atoms with Crippen molar-refractivity contribution in [1.29, 1.82) is 0 Å². The summed E-state index contributed by atoms with van der Waals surface area (Å²) in [5.41, 5.74) is 3.27. The van der Waals surface area contributed by atoms with Gasteiger partial charge in [0.2, 0.25) is 0 Å². The van der Waals surface area contributed by atoms with Crippen molar-refractivity contribution in [2.75, 3.05) is 0 Å². The van der Waals surface area contributed by atoms with Crippen LogP contribution >= 0.6 is 0 Å². The van der Waals surface area contributed by atoms with Crippen LogP contribution in [0, 0.1) is 11.5 Å². The molecule has 0 nitrogen and oxygen atoms in total. The van der Waals surface area contributed by atoms with E-state index in [4.69, 9.17) is 0 Å². The van der Waals surface area contributed by atoms with E-state index >= 15 is 0 Å². The molecule has 0 saturated carbocycles. The molecule has 8 heavy (non-hydrogen) atoms. The summed E-state index contributed by atoms with van der Waals surface area (Å²) in [6.07, 6.45) is 0. The lowest BCUT2D eigenvalue weighted by Crippen LogP contribution is -2.04. The van der Waals surface area contributed by atoms with Crippen LogP contribution in [0.15, 0.2) is 0 Å². The zero-order valence-corrected chi connectivity index (χ0v) is 7.15. The third kappa shape index (κ3) is 2.87. The Balaban J connectivity index is 3.47. The van der Waals surface area contributed by atoms with Crippen LogP contribution < -0.4 is 0 Å². The van der Waals surface area contributed by atoms with E-state index in [-0.39, 0.29) is 0 Å². The molecule has 0 aromatic heterocycles. The zero-order chi connectivity index (χ0) is 6.41. The summed E-state index contributed by atoms with van der Waals surface area (Å²) in [4.78, 5) is 0. The van der Waals surface area contributed by atoms with Gasteiger partial charge in [-0.2, -0.15) is 0 Å². The predicted molar refractivity (Wildman–Crippen MR) is 41.6 cm³/mol. The van der Waals surface area contributed by atoms with Crippen LogP contribution in [0.2, 0.25) is 12.1 Å². The Bertz CT molecular complexity index is 92.7. The molecule has 46 valence electrons. The maximum absolute atomic E-state index is 3.27. The first-order valence-corrected chi connectivity index (χ1v) is 5.48. The van der Waals surface area contributed by atoms with E-state index in [0.29, 0.717) is 0 Å². The smallest absolute Gasteiger partial charge is 0.122 e. The molecular weight excluding hydrogens is 112 g/mol. The second kappa shape index (κ2) is 4.92. The standard InChI is InChI=1S/C7H14Si/c1-4-7-8(5-2)6-3/h8H,5-6H2,1-3H3. The molecule has 0 N–H and O–H groups in total. The molecule has 0 radical (unpaired) electrons. The second-order valence-corrected chi connectivity index (χ2v) is 5.22. The normalized spacial score (nSPS) is 8.50. The van der Waals surface area contributed by atoms with Gasteiger partial charge in [-0.05, 0) is 6.92 Å². The molecular formula is C7H14Si. The summed E-state index contributed by atoms with van der Waals surface area (Å²) in [5, 5.41) is 0. The van der Waals surface area contributed by atoms with Crippen LogP contribution in [0.4, 0.5) is 0 Å². The van der Waals surface area contributed by atoms with Gasteiger partial charge >= 0.3 is 0 Å². The Morgan fingerprint density at radius 1 is 1.25 bits per heavy atom. The Hall–Kier alpha value is -0.223. The molecule has 0 bridgehead atoms. The summed E-state index contributed by atoms with van der Waals surface area (Å²) in [7, 11) is -0.553. The molecule has 0 rings (SSSR count). The highest BCUT2D eigenvalue weighted by Crippen LogP contribution is 1.94. The van der Waals surface area contributed by atoms with E-state index in [2.05, 4.69) is 25.3 Å². The van der Waals surface area contributed by atoms with Gasteiger partial charge in [0.15, 0.2) is 0 Å². The minimum absolute atomic E-state index is 0.553. The van der Waals surface area contributed by atoms with Gasteiger partial charge in [0.25, 0.3) is 0 Å². The fraction of sp³-hybridized carbons (Fsp3) is 0.714. The number of hydrogen-bond acceptors (Lipinski definition) is 0. The lowest BCUT2D eigenvalue weighted by molar-refractivity contribution is 1.34. The highest BCUT2D eigenvalue weighted by atomic mass is 28.3. The van der Waals surface area contributed by atoms with E-state index in [9.17, 15) is 0 Å². The van der Waals surface area contributed by atoms with Gasteiger partial charge < -0.3 is 0 Å². The molecule has 0 amide bonds. The van der Waals surface area contributed by atoms with Crippen molar-refractivity contribution in [1.82, 2.24) is 0 Å². The first-order chi connectivity index (χ1) is 3.85. The maximum Gasteiger partial charge on any atom is 0.122 e. The Morgan fingerprint density at radius 2 is 1.75 bits per heavy atom. The third-order valence-corrected chi connectivity index (χ3v) is 4.00. The van der Waals surface area contributed by atoms with Gasteiger partial charge in [-0.15, -0.1) is 11.5 Å². The average Bonchev–Trinajstić information content (AvgIpc) is 1.83. The number of rotatable bonds is 2. The SMILES string of the molecule is CC#C[SiH](CC)CC. The molecule has 0 unspecified atom stereocenters. The lowest BCUT2D eigenvalue weighted by atomic mass is 10.8. The van der Waals surface area contributed by atoms with E-state index in [0.717, 1.165) is 0 Å². The topological polar surface area (TPSA) is 0 Å². The van der Waals surface area contributed by atoms with Gasteiger partial charge in [0.05, 0.1) is 0 Å². The molecule has 0 heterocycles. The second-order valence-electron chi connectivity index (χ2n) is 1.91. The van der Waals surface area contributed by atoms with Crippen molar-refractivity contribution in [2.45, 2.75) is 32.9 Å². The van der Waals surface area contributed by atoms with Crippen molar-refractivity contribution in [2.24, 2.45) is 0 Å². The van der Waals surface area contributed by atoms with Gasteiger partial charge in [-0.25, -0.2) is 0 Å². The van der Waals surface area contributed by atoms with Crippen molar-refractivity contribution in [3.63, 3.8) is 0 Å². The summed E-state index contributed by atoms with van der Waals surface area (Å²) >= 11 is 0. The summed E-state index contributed by atoms with van der Waals surface area (Å²) in [6.45, 7) is 6.42. The van der Waals surface area contributed by atoms with E-state index < -0.39 is 8.80 Å². The van der Waals surface area contributed by atoms with Crippen LogP contribution in [0.25, 0.3) is 0 Å². The molecule has 1 heteroatoms. The fourth-order valence-electron chi connectivity index (χ4n) is 0.697. The minimum Gasteiger partial charge on any atom is -0.136 e. The van der Waals surface area contributed by atoms with Crippen LogP contribution in [0.5, 0.6) is 0 Å². The van der Waals surface area contributed by atoms with Crippen LogP contribution in [0.1, 0.15) is 20.8 Å². The van der Waals surface area contributed by atoms with E-state index in [1.165, 1.54) is 12.1 Å². The molecule has 0 fully saturated rings. The molecule has 0 atom stereocenters. The van der Waals surface area contributed by atoms with Gasteiger partial charge in [0.1, 0.15) is 8.80 Å². The van der Waals surface area contributed by atoms with Crippen molar-refractivity contribution >= 4 is 8.80 Å². The Morgan fingerprint density at radius 3 is 1.88 bits per heavy atom. The van der Waals surface area contributed by atoms with Crippen LogP contribution in [0.3, 0.4) is 0 Å². The third-order valence-electron chi connectivity index (χ3n) is 1.33. The molecule has 0 aromatic rings. The molecule has 0 spiro atoms.